The molecule has 24 heavy (non-hydrogen) atoms. The second kappa shape index (κ2) is 8.43. The average molecular weight is 336 g/mol. The first-order chi connectivity index (χ1) is 11.7. The number of aryl methyl sites for hydroxylation is 1. The van der Waals surface area contributed by atoms with Gasteiger partial charge in [-0.3, -0.25) is 9.58 Å². The first kappa shape index (κ1) is 17.9. The molecule has 2 fully saturated rings. The molecule has 2 aliphatic heterocycles. The highest BCUT2D eigenvalue weighted by atomic mass is 16.5. The van der Waals surface area contributed by atoms with Crippen molar-refractivity contribution in [2.75, 3.05) is 45.9 Å². The molecule has 0 aromatic carbocycles. The Hall–Kier alpha value is -0.950. The van der Waals surface area contributed by atoms with E-state index in [1.165, 1.54) is 37.2 Å². The average Bonchev–Trinajstić information content (AvgIpc) is 3.07. The number of aliphatic hydroxyl groups is 1. The highest BCUT2D eigenvalue weighted by Crippen LogP contribution is 2.19. The predicted octanol–water partition coefficient (Wildman–Crippen LogP) is 1.18. The van der Waals surface area contributed by atoms with Crippen LogP contribution in [0.4, 0.5) is 0 Å². The molecule has 2 saturated heterocycles. The molecule has 6 nitrogen and oxygen atoms in total. The predicted molar refractivity (Wildman–Crippen MR) is 94.1 cm³/mol. The zero-order chi connectivity index (χ0) is 16.9. The lowest BCUT2D eigenvalue weighted by Gasteiger charge is -2.27. The van der Waals surface area contributed by atoms with Crippen LogP contribution >= 0.6 is 0 Å². The number of rotatable bonds is 6. The molecule has 0 aliphatic carbocycles. The summed E-state index contributed by atoms with van der Waals surface area (Å²) in [4.78, 5) is 5.07. The molecule has 0 amide bonds. The van der Waals surface area contributed by atoms with Gasteiger partial charge in [-0.25, -0.2) is 0 Å². The van der Waals surface area contributed by atoms with E-state index in [4.69, 9.17) is 4.74 Å². The fourth-order valence-corrected chi connectivity index (χ4v) is 3.98. The summed E-state index contributed by atoms with van der Waals surface area (Å²) in [7, 11) is 0. The minimum atomic E-state index is 0.136. The molecule has 0 radical (unpaired) electrons. The second-order valence-electron chi connectivity index (χ2n) is 7.19. The summed E-state index contributed by atoms with van der Waals surface area (Å²) in [6.07, 6.45) is 4.08. The molecule has 2 aliphatic rings. The minimum Gasteiger partial charge on any atom is -0.394 e. The van der Waals surface area contributed by atoms with Crippen LogP contribution in [0.25, 0.3) is 0 Å². The van der Waals surface area contributed by atoms with Crippen LogP contribution in [-0.2, 0) is 17.8 Å². The van der Waals surface area contributed by atoms with E-state index in [0.29, 0.717) is 12.6 Å². The van der Waals surface area contributed by atoms with Gasteiger partial charge in [-0.15, -0.1) is 0 Å². The van der Waals surface area contributed by atoms with Crippen molar-refractivity contribution in [2.24, 2.45) is 0 Å². The molecular weight excluding hydrogens is 304 g/mol. The molecule has 3 rings (SSSR count). The molecule has 1 aromatic heterocycles. The van der Waals surface area contributed by atoms with E-state index in [2.05, 4.69) is 28.7 Å². The van der Waals surface area contributed by atoms with Crippen molar-refractivity contribution < 1.29 is 9.84 Å². The zero-order valence-corrected chi connectivity index (χ0v) is 15.2. The summed E-state index contributed by atoms with van der Waals surface area (Å²) in [5.41, 5.74) is 3.58. The van der Waals surface area contributed by atoms with Gasteiger partial charge in [0.15, 0.2) is 0 Å². The van der Waals surface area contributed by atoms with Crippen LogP contribution in [0.15, 0.2) is 0 Å². The van der Waals surface area contributed by atoms with E-state index in [9.17, 15) is 5.11 Å². The van der Waals surface area contributed by atoms with Gasteiger partial charge >= 0.3 is 0 Å². The Balaban J connectivity index is 1.62. The quantitative estimate of drug-likeness (QED) is 0.845. The Bertz CT molecular complexity index is 525. The van der Waals surface area contributed by atoms with Gasteiger partial charge in [-0.05, 0) is 46.2 Å². The monoisotopic (exact) mass is 336 g/mol. The summed E-state index contributed by atoms with van der Waals surface area (Å²) in [5.74, 6) is 0. The number of likely N-dealkylation sites (tertiary alicyclic amines) is 1. The number of hydrogen-bond acceptors (Lipinski definition) is 5. The van der Waals surface area contributed by atoms with Crippen LogP contribution in [-0.4, -0.2) is 76.7 Å². The highest BCUT2D eigenvalue weighted by Gasteiger charge is 2.24. The van der Waals surface area contributed by atoms with Crippen molar-refractivity contribution in [3.8, 4) is 0 Å². The van der Waals surface area contributed by atoms with Gasteiger partial charge in [0.1, 0.15) is 0 Å². The standard InChI is InChI=1S/C18H32N4O2/c1-15-18(16(2)22(19-15)9-10-23)14-21-8-5-11-24-17(13-21)12-20-6-3-4-7-20/h17,23H,3-14H2,1-2H3/t17-/m1/s1. The van der Waals surface area contributed by atoms with E-state index in [1.54, 1.807) is 0 Å². The van der Waals surface area contributed by atoms with Crippen molar-refractivity contribution in [3.05, 3.63) is 17.0 Å². The van der Waals surface area contributed by atoms with Crippen LogP contribution in [0.3, 0.4) is 0 Å². The fraction of sp³-hybridized carbons (Fsp3) is 0.833. The molecule has 1 atom stereocenters. The Labute approximate surface area is 145 Å². The summed E-state index contributed by atoms with van der Waals surface area (Å²) < 4.78 is 8.03. The Morgan fingerprint density at radius 3 is 2.62 bits per heavy atom. The van der Waals surface area contributed by atoms with Crippen molar-refractivity contribution in [1.29, 1.82) is 0 Å². The molecule has 3 heterocycles. The van der Waals surface area contributed by atoms with E-state index < -0.39 is 0 Å². The topological polar surface area (TPSA) is 53.8 Å². The van der Waals surface area contributed by atoms with Gasteiger partial charge in [0, 0.05) is 44.0 Å². The molecule has 0 bridgehead atoms. The third-order valence-corrected chi connectivity index (χ3v) is 5.32. The molecule has 0 saturated carbocycles. The first-order valence-electron chi connectivity index (χ1n) is 9.37. The highest BCUT2D eigenvalue weighted by molar-refractivity contribution is 5.24. The second-order valence-corrected chi connectivity index (χ2v) is 7.19. The smallest absolute Gasteiger partial charge is 0.0828 e. The molecule has 136 valence electrons. The van der Waals surface area contributed by atoms with Crippen molar-refractivity contribution in [2.45, 2.75) is 52.3 Å². The van der Waals surface area contributed by atoms with E-state index in [1.807, 2.05) is 4.68 Å². The van der Waals surface area contributed by atoms with Crippen molar-refractivity contribution in [1.82, 2.24) is 19.6 Å². The third-order valence-electron chi connectivity index (χ3n) is 5.32. The lowest BCUT2D eigenvalue weighted by Crippen LogP contribution is -2.39. The Kier molecular flexibility index (Phi) is 6.27. The molecule has 6 heteroatoms. The maximum absolute atomic E-state index is 9.18. The van der Waals surface area contributed by atoms with Crippen LogP contribution in [0, 0.1) is 13.8 Å². The number of ether oxygens (including phenoxy) is 1. The lowest BCUT2D eigenvalue weighted by molar-refractivity contribution is 0.0307. The molecular formula is C18H32N4O2. The number of hydrogen-bond donors (Lipinski definition) is 1. The Morgan fingerprint density at radius 2 is 1.88 bits per heavy atom. The molecule has 1 N–H and O–H groups in total. The Morgan fingerprint density at radius 1 is 1.12 bits per heavy atom. The summed E-state index contributed by atoms with van der Waals surface area (Å²) in [6.45, 7) is 12.3. The summed E-state index contributed by atoms with van der Waals surface area (Å²) in [5, 5.41) is 13.8. The number of nitrogens with zero attached hydrogens (tertiary/aromatic N) is 4. The maximum atomic E-state index is 9.18. The van der Waals surface area contributed by atoms with Gasteiger partial charge in [-0.2, -0.15) is 5.10 Å². The largest absolute Gasteiger partial charge is 0.394 e. The minimum absolute atomic E-state index is 0.136. The maximum Gasteiger partial charge on any atom is 0.0828 e. The van der Waals surface area contributed by atoms with Gasteiger partial charge in [-0.1, -0.05) is 0 Å². The van der Waals surface area contributed by atoms with Gasteiger partial charge in [0.2, 0.25) is 0 Å². The van der Waals surface area contributed by atoms with E-state index in [-0.39, 0.29) is 6.61 Å². The molecule has 1 aromatic rings. The normalized spacial score (nSPS) is 23.7. The summed E-state index contributed by atoms with van der Waals surface area (Å²) in [6, 6.07) is 0. The van der Waals surface area contributed by atoms with Crippen LogP contribution in [0.2, 0.25) is 0 Å². The van der Waals surface area contributed by atoms with Gasteiger partial charge in [0.05, 0.1) is 24.9 Å². The van der Waals surface area contributed by atoms with Crippen LogP contribution in [0.5, 0.6) is 0 Å². The third kappa shape index (κ3) is 4.36. The number of aliphatic hydroxyl groups excluding tert-OH is 1. The van der Waals surface area contributed by atoms with Gasteiger partial charge in [0.25, 0.3) is 0 Å². The van der Waals surface area contributed by atoms with Crippen molar-refractivity contribution >= 4 is 0 Å². The molecule has 0 unspecified atom stereocenters. The molecule has 0 spiro atoms. The van der Waals surface area contributed by atoms with E-state index >= 15 is 0 Å². The SMILES string of the molecule is Cc1nn(CCO)c(C)c1CN1CCCO[C@H](CN2CCCC2)C1. The van der Waals surface area contributed by atoms with E-state index in [0.717, 1.165) is 44.9 Å². The van der Waals surface area contributed by atoms with Gasteiger partial charge < -0.3 is 14.7 Å². The first-order valence-corrected chi connectivity index (χ1v) is 9.37. The zero-order valence-electron chi connectivity index (χ0n) is 15.2. The summed E-state index contributed by atoms with van der Waals surface area (Å²) >= 11 is 0. The van der Waals surface area contributed by atoms with Crippen molar-refractivity contribution in [3.63, 3.8) is 0 Å². The van der Waals surface area contributed by atoms with Crippen LogP contribution < -0.4 is 0 Å². The fourth-order valence-electron chi connectivity index (χ4n) is 3.98. The lowest BCUT2D eigenvalue weighted by atomic mass is 10.1. The number of aromatic nitrogens is 2. The van der Waals surface area contributed by atoms with Crippen LogP contribution in [0.1, 0.15) is 36.2 Å².